The van der Waals surface area contributed by atoms with Crippen LogP contribution in [0, 0.1) is 5.41 Å². The van der Waals surface area contributed by atoms with E-state index < -0.39 is 0 Å². The van der Waals surface area contributed by atoms with E-state index in [9.17, 15) is 4.79 Å². The molecule has 4 nitrogen and oxygen atoms in total. The fraction of sp³-hybridized carbons (Fsp3) is 0.250. The molecule has 2 aliphatic rings. The summed E-state index contributed by atoms with van der Waals surface area (Å²) in [6, 6.07) is 11.5. The molecule has 1 aliphatic heterocycles. The summed E-state index contributed by atoms with van der Waals surface area (Å²) in [6.07, 6.45) is 9.32. The summed E-state index contributed by atoms with van der Waals surface area (Å²) < 4.78 is 0. The topological polar surface area (TPSA) is 54.9 Å². The Balaban J connectivity index is 1.76. The van der Waals surface area contributed by atoms with Crippen LogP contribution in [0.3, 0.4) is 0 Å². The van der Waals surface area contributed by atoms with E-state index in [1.54, 1.807) is 12.4 Å². The third kappa shape index (κ3) is 2.49. The van der Waals surface area contributed by atoms with Gasteiger partial charge in [-0.3, -0.25) is 14.8 Å². The molecule has 0 unspecified atom stereocenters. The summed E-state index contributed by atoms with van der Waals surface area (Å²) in [6.45, 7) is 1.85. The first-order valence-electron chi connectivity index (χ1n) is 8.31. The lowest BCUT2D eigenvalue weighted by Gasteiger charge is -2.48. The number of piperidine rings is 1. The van der Waals surface area contributed by atoms with Gasteiger partial charge in [0.2, 0.25) is 0 Å². The van der Waals surface area contributed by atoms with Gasteiger partial charge in [-0.15, -0.1) is 0 Å². The number of hydrogen-bond donors (Lipinski definition) is 1. The second-order valence-electron chi connectivity index (χ2n) is 6.29. The fourth-order valence-electron chi connectivity index (χ4n) is 3.68. The van der Waals surface area contributed by atoms with Gasteiger partial charge in [-0.25, -0.2) is 0 Å². The van der Waals surface area contributed by atoms with Gasteiger partial charge >= 0.3 is 0 Å². The molecule has 1 saturated heterocycles. The Morgan fingerprint density at radius 3 is 1.88 bits per heavy atom. The summed E-state index contributed by atoms with van der Waals surface area (Å²) in [5.74, 6) is 0.133. The molecule has 0 bridgehead atoms. The van der Waals surface area contributed by atoms with Crippen molar-refractivity contribution in [1.29, 1.82) is 0 Å². The molecule has 24 heavy (non-hydrogen) atoms. The molecule has 120 valence electrons. The van der Waals surface area contributed by atoms with Gasteiger partial charge in [0.15, 0.2) is 5.78 Å². The van der Waals surface area contributed by atoms with E-state index in [4.69, 9.17) is 0 Å². The van der Waals surface area contributed by atoms with Crippen molar-refractivity contribution in [3.63, 3.8) is 0 Å². The van der Waals surface area contributed by atoms with E-state index in [0.29, 0.717) is 0 Å². The van der Waals surface area contributed by atoms with Crippen LogP contribution in [0.1, 0.15) is 24.2 Å². The maximum Gasteiger partial charge on any atom is 0.186 e. The maximum absolute atomic E-state index is 12.8. The third-order valence-electron chi connectivity index (χ3n) is 4.94. The van der Waals surface area contributed by atoms with E-state index in [-0.39, 0.29) is 11.2 Å². The van der Waals surface area contributed by atoms with Crippen molar-refractivity contribution in [3.8, 4) is 0 Å². The lowest BCUT2D eigenvalue weighted by molar-refractivity contribution is -0.118. The minimum atomic E-state index is -0.155. The third-order valence-corrected chi connectivity index (χ3v) is 4.94. The molecular weight excluding hydrogens is 298 g/mol. The van der Waals surface area contributed by atoms with Gasteiger partial charge in [0.05, 0.1) is 11.4 Å². The van der Waals surface area contributed by atoms with Crippen LogP contribution in [0.5, 0.6) is 0 Å². The molecule has 1 saturated carbocycles. The highest BCUT2D eigenvalue weighted by atomic mass is 16.1. The van der Waals surface area contributed by atoms with Crippen LogP contribution in [0.25, 0.3) is 12.2 Å². The Bertz CT molecular complexity index is 742. The molecule has 0 atom stereocenters. The summed E-state index contributed by atoms with van der Waals surface area (Å²) in [5.41, 5.74) is 3.32. The van der Waals surface area contributed by atoms with E-state index in [2.05, 4.69) is 15.3 Å². The average molecular weight is 317 g/mol. The van der Waals surface area contributed by atoms with E-state index in [0.717, 1.165) is 48.5 Å². The van der Waals surface area contributed by atoms with Gasteiger partial charge in [-0.2, -0.15) is 0 Å². The first-order chi connectivity index (χ1) is 11.8. The molecule has 0 aromatic carbocycles. The maximum atomic E-state index is 12.8. The van der Waals surface area contributed by atoms with Gasteiger partial charge in [-0.05, 0) is 62.3 Å². The Morgan fingerprint density at radius 1 is 0.875 bits per heavy atom. The first kappa shape index (κ1) is 15.0. The van der Waals surface area contributed by atoms with Crippen molar-refractivity contribution in [2.75, 3.05) is 13.1 Å². The number of nitrogens with one attached hydrogen (secondary N) is 1. The fourth-order valence-corrected chi connectivity index (χ4v) is 3.68. The van der Waals surface area contributed by atoms with Crippen molar-refractivity contribution in [2.45, 2.75) is 12.8 Å². The van der Waals surface area contributed by atoms with Gasteiger partial charge in [0, 0.05) is 29.0 Å². The Hall–Kier alpha value is -2.59. The van der Waals surface area contributed by atoms with Crippen LogP contribution in [0.4, 0.5) is 0 Å². The number of aromatic nitrogens is 2. The smallest absolute Gasteiger partial charge is 0.186 e. The zero-order chi connectivity index (χ0) is 16.4. The number of rotatable bonds is 2. The molecule has 1 spiro atoms. The average Bonchev–Trinajstić information content (AvgIpc) is 2.66. The van der Waals surface area contributed by atoms with Crippen LogP contribution in [-0.2, 0) is 4.79 Å². The zero-order valence-electron chi connectivity index (χ0n) is 13.4. The predicted molar refractivity (Wildman–Crippen MR) is 94.0 cm³/mol. The minimum Gasteiger partial charge on any atom is -0.317 e. The largest absolute Gasteiger partial charge is 0.317 e. The lowest BCUT2D eigenvalue weighted by atomic mass is 9.55. The summed E-state index contributed by atoms with van der Waals surface area (Å²) in [4.78, 5) is 21.5. The number of Topliss-reactive ketones (excluding diaryl/α,β-unsaturated/α-hetero) is 1. The van der Waals surface area contributed by atoms with Crippen LogP contribution in [0.2, 0.25) is 0 Å². The SMILES string of the molecule is O=C1/C(=C/c2ccccn2)C2(CCNCC2)/C1=C\c1ccccn1. The highest BCUT2D eigenvalue weighted by Gasteiger charge is 2.53. The highest BCUT2D eigenvalue weighted by Crippen LogP contribution is 2.55. The second-order valence-corrected chi connectivity index (χ2v) is 6.29. The summed E-state index contributed by atoms with van der Waals surface area (Å²) in [5, 5.41) is 3.39. The van der Waals surface area contributed by atoms with Crippen molar-refractivity contribution in [3.05, 3.63) is 71.3 Å². The van der Waals surface area contributed by atoms with E-state index >= 15 is 0 Å². The minimum absolute atomic E-state index is 0.133. The van der Waals surface area contributed by atoms with Crippen molar-refractivity contribution < 1.29 is 4.79 Å². The van der Waals surface area contributed by atoms with Gasteiger partial charge in [-0.1, -0.05) is 12.1 Å². The van der Waals surface area contributed by atoms with Crippen LogP contribution < -0.4 is 5.32 Å². The number of nitrogens with zero attached hydrogens (tertiary/aromatic N) is 2. The summed E-state index contributed by atoms with van der Waals surface area (Å²) >= 11 is 0. The Kier molecular flexibility index (Phi) is 3.82. The molecule has 4 rings (SSSR count). The molecule has 2 aromatic heterocycles. The molecule has 0 radical (unpaired) electrons. The molecule has 1 aliphatic carbocycles. The zero-order valence-corrected chi connectivity index (χ0v) is 13.4. The van der Waals surface area contributed by atoms with Crippen LogP contribution >= 0.6 is 0 Å². The molecule has 3 heterocycles. The van der Waals surface area contributed by atoms with Crippen molar-refractivity contribution >= 4 is 17.9 Å². The highest BCUT2D eigenvalue weighted by molar-refractivity contribution is 6.23. The Morgan fingerprint density at radius 2 is 1.42 bits per heavy atom. The molecule has 4 heteroatoms. The van der Waals surface area contributed by atoms with E-state index in [1.165, 1.54) is 0 Å². The van der Waals surface area contributed by atoms with Crippen LogP contribution in [0.15, 0.2) is 59.9 Å². The van der Waals surface area contributed by atoms with Crippen molar-refractivity contribution in [1.82, 2.24) is 15.3 Å². The molecule has 2 aromatic rings. The van der Waals surface area contributed by atoms with Gasteiger partial charge in [0.25, 0.3) is 0 Å². The normalized spacial score (nSPS) is 22.8. The predicted octanol–water partition coefficient (Wildman–Crippen LogP) is 2.90. The molecule has 0 amide bonds. The molecule has 1 N–H and O–H groups in total. The first-order valence-corrected chi connectivity index (χ1v) is 8.31. The molecular formula is C20H19N3O. The lowest BCUT2D eigenvalue weighted by Crippen LogP contribution is -2.50. The summed E-state index contributed by atoms with van der Waals surface area (Å²) in [7, 11) is 0. The number of ketones is 1. The van der Waals surface area contributed by atoms with Gasteiger partial charge in [0.1, 0.15) is 0 Å². The number of allylic oxidation sites excluding steroid dienone is 2. The standard InChI is InChI=1S/C20H19N3O/c24-19-17(13-15-5-1-3-9-22-15)20(7-11-21-12-8-20)18(19)14-16-6-2-4-10-23-16/h1-6,9-10,13-14,21H,7-8,11-12H2/b17-13-,18-14-. The quantitative estimate of drug-likeness (QED) is 0.865. The molecule has 2 fully saturated rings. The number of carbonyl (C=O) groups excluding carboxylic acids is 1. The van der Waals surface area contributed by atoms with Crippen LogP contribution in [-0.4, -0.2) is 28.8 Å². The van der Waals surface area contributed by atoms with E-state index in [1.807, 2.05) is 48.6 Å². The monoisotopic (exact) mass is 317 g/mol. The number of hydrogen-bond acceptors (Lipinski definition) is 4. The Labute approximate surface area is 141 Å². The number of pyridine rings is 2. The number of carbonyl (C=O) groups is 1. The van der Waals surface area contributed by atoms with Crippen molar-refractivity contribution in [2.24, 2.45) is 5.41 Å². The second kappa shape index (κ2) is 6.13. The van der Waals surface area contributed by atoms with Gasteiger partial charge < -0.3 is 5.32 Å².